The van der Waals surface area contributed by atoms with Gasteiger partial charge in [-0.1, -0.05) is 98.3 Å². The summed E-state index contributed by atoms with van der Waals surface area (Å²) in [7, 11) is -3.35. The summed E-state index contributed by atoms with van der Waals surface area (Å²) >= 11 is 14.5. The molecular weight excluding hydrogens is 1850 g/mol. The fourth-order valence-electron chi connectivity index (χ4n) is 18.4. The standard InChI is InChI=1S/C90H111Cl2N12O31P/c1-38(2)23-55(94-6)81(116)102-69-72(109)44-17-21-59(53(91)26-44)131-61-28-46-29-62(78(61)134-88-52(35-105)75(112)76(113)89(135-88)133-64-32-90(5,79(114)40(4)130-64)96-33-42-13-10-14-47(24-42)97-80(115)48-19-15-39(3)77(71(48)104(124)125)129-36-41-11-8-7-9-12-41)132-60-22-18-45(27-54(60)92)73(110)70-86(121)101-68(87(122)123)50-30-58(107)51(34-95-37-136(126,127)128)74(111)65(50)49-25-43(16-20-57(49)106)66(83(118)103-70)100-84(119)67(46)99-82(117)56(31-63(93)108)98-85(69)120/h7-15,17,19,21-22,24-29,38,40,43,45,50,52-53,55-57,59,64-70,72-76,79,88-89,94-96,105-107,109-114H,16,18,20,23,30-37H2,1-6H3,(H2,93,108)(H,97,115)(H,98,120)(H,99,117)(H,100,119)(H,101,121)(H,102,116)(H,103,118)(H,122,123)(H2,126,127,128)/t40?,43-,45-,50?,52+,53+,55+,56-,57+,59+,64?,65?,66+,67+,68+,69+,70-,72+,73+,74-,75?,76+,79?,88?,89?,90?/m0/s1. The lowest BCUT2D eigenvalue weighted by Gasteiger charge is -2.48. The molecular formula is C90H111Cl2N12O31P. The van der Waals surface area contributed by atoms with E-state index in [1.807, 2.05) is 13.8 Å². The van der Waals surface area contributed by atoms with E-state index < -0.39 is 300 Å². The van der Waals surface area contributed by atoms with Gasteiger partial charge in [0, 0.05) is 66.4 Å². The lowest BCUT2D eigenvalue weighted by molar-refractivity contribution is -0.386. The first-order chi connectivity index (χ1) is 64.4. The highest BCUT2D eigenvalue weighted by atomic mass is 35.5. The number of nitrogens with two attached hydrogens (primary N) is 1. The molecule has 46 heteroatoms. The molecule has 0 aromatic heterocycles. The van der Waals surface area contributed by atoms with Gasteiger partial charge < -0.3 is 153 Å². The number of aryl methyl sites for hydroxylation is 1. The van der Waals surface area contributed by atoms with Gasteiger partial charge in [-0.2, -0.15) is 0 Å². The van der Waals surface area contributed by atoms with Crippen molar-refractivity contribution in [2.24, 2.45) is 41.2 Å². The number of primary amides is 1. The second kappa shape index (κ2) is 43.4. The fraction of sp³-hybridized carbons (Fsp3) is 0.500. The molecule has 8 amide bonds. The Morgan fingerprint density at radius 3 is 2.19 bits per heavy atom. The van der Waals surface area contributed by atoms with Crippen LogP contribution in [0.25, 0.3) is 0 Å². The number of anilines is 1. The Kier molecular flexibility index (Phi) is 32.7. The van der Waals surface area contributed by atoms with E-state index in [0.29, 0.717) is 11.1 Å². The van der Waals surface area contributed by atoms with Crippen LogP contribution in [0.3, 0.4) is 0 Å². The predicted molar refractivity (Wildman–Crippen MR) is 480 cm³/mol. The van der Waals surface area contributed by atoms with E-state index in [9.17, 15) is 94.7 Å². The highest BCUT2D eigenvalue weighted by molar-refractivity contribution is 7.51. The van der Waals surface area contributed by atoms with Crippen molar-refractivity contribution >= 4 is 95.4 Å². The number of amides is 8. The monoisotopic (exact) mass is 1960 g/mol. The molecule has 736 valence electrons. The Hall–Kier alpha value is -10.9. The first kappa shape index (κ1) is 103. The molecule has 26 atom stereocenters. The molecule has 4 aromatic carbocycles. The molecule has 7 heterocycles. The number of carbonyl (C=O) groups is 9. The molecule has 136 heavy (non-hydrogen) atoms. The normalized spacial score (nSPS) is 31.8. The molecule has 0 spiro atoms. The maximum absolute atomic E-state index is 16.5. The van der Waals surface area contributed by atoms with Crippen LogP contribution in [0, 0.1) is 52.5 Å². The zero-order valence-electron chi connectivity index (χ0n) is 74.3. The molecule has 0 radical (unpaired) electrons. The Morgan fingerprint density at radius 2 is 1.51 bits per heavy atom. The largest absolute Gasteiger partial charge is 0.512 e. The van der Waals surface area contributed by atoms with Crippen LogP contribution in [0.15, 0.2) is 149 Å². The third-order valence-corrected chi connectivity index (χ3v) is 26.9. The molecule has 43 nitrogen and oxygen atoms in total. The van der Waals surface area contributed by atoms with Crippen molar-refractivity contribution in [1.82, 2.24) is 47.9 Å². The lowest BCUT2D eigenvalue weighted by atomic mass is 9.65. The van der Waals surface area contributed by atoms with E-state index >= 15 is 24.0 Å². The van der Waals surface area contributed by atoms with Gasteiger partial charge in [0.05, 0.1) is 89.0 Å². The predicted octanol–water partition coefficient (Wildman–Crippen LogP) is 0.612. The van der Waals surface area contributed by atoms with Crippen molar-refractivity contribution in [1.29, 1.82) is 0 Å². The number of nitrogens with zero attached hydrogens (tertiary/aromatic N) is 1. The van der Waals surface area contributed by atoms with Gasteiger partial charge in [-0.05, 0) is 135 Å². The van der Waals surface area contributed by atoms with Gasteiger partial charge in [-0.25, -0.2) is 4.79 Å². The minimum absolute atomic E-state index is 0.0268. The van der Waals surface area contributed by atoms with Crippen molar-refractivity contribution in [2.45, 2.75) is 220 Å². The molecule has 24 N–H and O–H groups in total. The number of ether oxygens (including phenoxy) is 7. The first-order valence-corrected chi connectivity index (χ1v) is 46.7. The van der Waals surface area contributed by atoms with Gasteiger partial charge in [-0.3, -0.25) is 53.0 Å². The summed E-state index contributed by atoms with van der Waals surface area (Å²) in [5.41, 5.74) is 4.30. The number of hydrogen-bond acceptors (Lipinski definition) is 31. The van der Waals surface area contributed by atoms with Crippen LogP contribution in [0.1, 0.15) is 111 Å². The molecule has 9 unspecified atom stereocenters. The maximum Gasteiger partial charge on any atom is 0.339 e. The minimum atomic E-state index is -4.82. The van der Waals surface area contributed by atoms with Crippen LogP contribution in [-0.4, -0.2) is 266 Å². The zero-order valence-corrected chi connectivity index (χ0v) is 76.7. The number of alkyl halides is 1. The number of aliphatic hydroxyl groups is 9. The second-order valence-corrected chi connectivity index (χ2v) is 38.3. The SMILES string of the molecule is CN[C@H](CC(C)C)C(=O)N[C@H]1C(=O)N[C@@H](CC(N)=O)C(=O)N[C@H]2C(=O)N[C@H]3C(=O)N[C@H](C(=O)N[C@@H](C(=O)O)C4CC(O)=C(CNCP(=O)(O)O)[C@H](O)C4C4=C[C@@H]3CC[C@H]4O)[C@H](O)[C@@H]3C=C(Cl)C(=CC3)Oc3cc2cc(c3OC2OC(OC3CC(C)(NCc4cccc(NC(=O)c5ccc(C)c(OCc6ccccc6)c5[N+](=O)[O-])c4)C(O)C(C)O3)[C@H](O)C(O)[C@H]2CO)O[C@@H]2C=CC(=C[C@H]2Cl)[C@H]1O. The Labute approximate surface area is 788 Å². The number of carbonyl (C=O) groups excluding carboxylic acids is 8. The molecule has 11 bridgehead atoms. The summed E-state index contributed by atoms with van der Waals surface area (Å²) in [5.74, 6) is -22.8. The van der Waals surface area contributed by atoms with Crippen LogP contribution in [0.2, 0.25) is 0 Å². The van der Waals surface area contributed by atoms with E-state index in [1.165, 1.54) is 62.6 Å². The molecule has 2 saturated heterocycles. The lowest BCUT2D eigenvalue weighted by Crippen LogP contribution is -2.64. The molecule has 15 rings (SSSR count). The number of carboxylic acids is 1. The number of nitro groups is 1. The van der Waals surface area contributed by atoms with Crippen LogP contribution < -0.4 is 77.8 Å². The van der Waals surface area contributed by atoms with Crippen molar-refractivity contribution < 1.29 is 147 Å². The Morgan fingerprint density at radius 1 is 0.801 bits per heavy atom. The quantitative estimate of drug-likeness (QED) is 0.0135. The summed E-state index contributed by atoms with van der Waals surface area (Å²) in [6.07, 6.45) is -18.1. The molecule has 7 aliphatic heterocycles. The average Bonchev–Trinajstić information content (AvgIpc) is 0.743. The number of likely N-dealkylation sites (N-methyl/N-ethyl adjacent to an activating group) is 1. The number of benzene rings is 4. The second-order valence-electron chi connectivity index (χ2n) is 35.8. The summed E-state index contributed by atoms with van der Waals surface area (Å²) in [5, 5.41) is 158. The van der Waals surface area contributed by atoms with Crippen LogP contribution in [0.4, 0.5) is 11.4 Å². The van der Waals surface area contributed by atoms with Gasteiger partial charge in [0.1, 0.15) is 72.5 Å². The van der Waals surface area contributed by atoms with Gasteiger partial charge in [0.25, 0.3) is 5.91 Å². The molecule has 11 aliphatic rings. The van der Waals surface area contributed by atoms with E-state index in [1.54, 1.807) is 68.4 Å². The molecule has 4 aromatic rings. The number of aliphatic hydroxyl groups excluding tert-OH is 9. The number of fused-ring (bicyclic) bond motifs is 12. The summed E-state index contributed by atoms with van der Waals surface area (Å²) in [4.78, 5) is 165. The number of aliphatic carboxylic acids is 1. The molecule has 2 fully saturated rings. The number of nitrogens with one attached hydrogen (secondary N) is 10. The highest BCUT2D eigenvalue weighted by Crippen LogP contribution is 2.50. The Balaban J connectivity index is 0.893. The third kappa shape index (κ3) is 23.4. The number of nitro benzene ring substituents is 1. The topological polar surface area (TPSA) is 668 Å². The number of halogens is 2. The van der Waals surface area contributed by atoms with E-state index in [2.05, 4.69) is 53.2 Å². The number of carboxylic acid groups (broad SMARTS) is 1. The van der Waals surface area contributed by atoms with E-state index in [-0.39, 0.29) is 84.2 Å². The third-order valence-electron chi connectivity index (χ3n) is 25.6. The number of allylic oxidation sites excluding steroid dienone is 3. The number of hydrogen-bond donors (Lipinski definition) is 23. The van der Waals surface area contributed by atoms with Crippen LogP contribution >= 0.6 is 30.8 Å². The highest BCUT2D eigenvalue weighted by Gasteiger charge is 2.55. The van der Waals surface area contributed by atoms with E-state index in [0.717, 1.165) is 17.7 Å². The smallest absolute Gasteiger partial charge is 0.339 e. The maximum atomic E-state index is 16.5. The van der Waals surface area contributed by atoms with Gasteiger partial charge >= 0.3 is 19.3 Å². The number of rotatable bonds is 26. The van der Waals surface area contributed by atoms with Crippen molar-refractivity contribution in [2.75, 3.05) is 31.8 Å². The van der Waals surface area contributed by atoms with Crippen molar-refractivity contribution in [3.05, 3.63) is 187 Å². The van der Waals surface area contributed by atoms with Gasteiger partial charge in [0.15, 0.2) is 24.1 Å². The fourth-order valence-corrected chi connectivity index (χ4v) is 19.3. The molecule has 4 aliphatic carbocycles. The Bertz CT molecular complexity index is 5470. The summed E-state index contributed by atoms with van der Waals surface area (Å²) in [6.45, 7) is 6.60. The summed E-state index contributed by atoms with van der Waals surface area (Å²) < 4.78 is 57.6. The van der Waals surface area contributed by atoms with Crippen LogP contribution in [0.5, 0.6) is 23.0 Å². The van der Waals surface area contributed by atoms with Crippen molar-refractivity contribution in [3.63, 3.8) is 0 Å². The zero-order chi connectivity index (χ0) is 98.5. The van der Waals surface area contributed by atoms with Gasteiger partial charge in [-0.15, -0.1) is 11.6 Å². The minimum Gasteiger partial charge on any atom is -0.512 e. The van der Waals surface area contributed by atoms with E-state index in [4.69, 9.17) is 62.1 Å². The summed E-state index contributed by atoms with van der Waals surface area (Å²) in [6, 6.07) is 6.12. The first-order valence-electron chi connectivity index (χ1n) is 44.0. The average molecular weight is 1960 g/mol. The van der Waals surface area contributed by atoms with Crippen molar-refractivity contribution in [3.8, 4) is 23.0 Å². The van der Waals surface area contributed by atoms with Gasteiger partial charge in [0.2, 0.25) is 59.1 Å². The molecule has 0 saturated carbocycles. The van der Waals surface area contributed by atoms with Crippen LogP contribution in [-0.2, 0) is 70.3 Å².